The lowest BCUT2D eigenvalue weighted by atomic mass is 10.1. The Morgan fingerprint density at radius 1 is 1.35 bits per heavy atom. The lowest BCUT2D eigenvalue weighted by Gasteiger charge is -2.08. The number of benzene rings is 1. The number of carbonyl (C=O) groups is 1. The standard InChI is InChI=1S/C16H21N3O3S/c1-5-19-10-14(15(17-19)11(2)3)16(20)18-23(21,22)13-8-6-7-12(4)9-13/h6-11H,5H2,1-4H3,(H,18,20). The van der Waals surface area contributed by atoms with Crippen LogP contribution >= 0.6 is 0 Å². The molecule has 7 heteroatoms. The number of rotatable bonds is 5. The van der Waals surface area contributed by atoms with Crippen LogP contribution in [0.2, 0.25) is 0 Å². The third-order valence-corrected chi connectivity index (χ3v) is 4.76. The molecule has 2 aromatic rings. The summed E-state index contributed by atoms with van der Waals surface area (Å²) in [5.41, 5.74) is 1.68. The van der Waals surface area contributed by atoms with Gasteiger partial charge in [0.2, 0.25) is 0 Å². The minimum Gasteiger partial charge on any atom is -0.272 e. The molecule has 23 heavy (non-hydrogen) atoms. The summed E-state index contributed by atoms with van der Waals surface area (Å²) in [6.45, 7) is 8.13. The van der Waals surface area contributed by atoms with Gasteiger partial charge in [0.15, 0.2) is 0 Å². The summed E-state index contributed by atoms with van der Waals surface area (Å²) >= 11 is 0. The molecule has 0 aliphatic rings. The molecular weight excluding hydrogens is 314 g/mol. The molecule has 0 bridgehead atoms. The van der Waals surface area contributed by atoms with Gasteiger partial charge in [0.1, 0.15) is 0 Å². The molecule has 1 aromatic heterocycles. The van der Waals surface area contributed by atoms with Gasteiger partial charge in [-0.25, -0.2) is 13.1 Å². The van der Waals surface area contributed by atoms with E-state index in [1.54, 1.807) is 29.9 Å². The Bertz CT molecular complexity index is 823. The van der Waals surface area contributed by atoms with Crippen molar-refractivity contribution in [3.8, 4) is 0 Å². The largest absolute Gasteiger partial charge is 0.272 e. The van der Waals surface area contributed by atoms with Crippen LogP contribution in [0.3, 0.4) is 0 Å². The van der Waals surface area contributed by atoms with E-state index in [2.05, 4.69) is 9.82 Å². The third-order valence-electron chi connectivity index (χ3n) is 3.43. The van der Waals surface area contributed by atoms with Crippen LogP contribution in [-0.2, 0) is 16.6 Å². The first-order valence-electron chi connectivity index (χ1n) is 7.45. The van der Waals surface area contributed by atoms with E-state index in [1.807, 2.05) is 20.8 Å². The highest BCUT2D eigenvalue weighted by molar-refractivity contribution is 7.90. The van der Waals surface area contributed by atoms with Gasteiger partial charge >= 0.3 is 0 Å². The van der Waals surface area contributed by atoms with Gasteiger partial charge in [-0.1, -0.05) is 26.0 Å². The van der Waals surface area contributed by atoms with Crippen molar-refractivity contribution in [3.05, 3.63) is 47.3 Å². The molecule has 0 unspecified atom stereocenters. The van der Waals surface area contributed by atoms with Gasteiger partial charge in [-0.3, -0.25) is 9.48 Å². The highest BCUT2D eigenvalue weighted by Crippen LogP contribution is 2.19. The molecule has 0 atom stereocenters. The van der Waals surface area contributed by atoms with Crippen LogP contribution in [0, 0.1) is 6.92 Å². The Balaban J connectivity index is 2.33. The summed E-state index contributed by atoms with van der Waals surface area (Å²) < 4.78 is 28.5. The lowest BCUT2D eigenvalue weighted by Crippen LogP contribution is -2.31. The summed E-state index contributed by atoms with van der Waals surface area (Å²) in [5.74, 6) is -0.639. The zero-order valence-corrected chi connectivity index (χ0v) is 14.5. The first-order chi connectivity index (χ1) is 10.7. The molecule has 0 aliphatic heterocycles. The maximum Gasteiger partial charge on any atom is 0.268 e. The van der Waals surface area contributed by atoms with E-state index >= 15 is 0 Å². The maximum atomic E-state index is 12.4. The Labute approximate surface area is 136 Å². The predicted molar refractivity (Wildman–Crippen MR) is 87.8 cm³/mol. The molecule has 1 N–H and O–H groups in total. The Morgan fingerprint density at radius 2 is 2.04 bits per heavy atom. The van der Waals surface area contributed by atoms with Crippen LogP contribution in [-0.4, -0.2) is 24.1 Å². The molecule has 124 valence electrons. The van der Waals surface area contributed by atoms with Gasteiger partial charge < -0.3 is 0 Å². The monoisotopic (exact) mass is 335 g/mol. The van der Waals surface area contributed by atoms with Crippen molar-refractivity contribution in [2.45, 2.75) is 45.1 Å². The van der Waals surface area contributed by atoms with Crippen LogP contribution in [0.25, 0.3) is 0 Å². The number of aryl methyl sites for hydroxylation is 2. The number of nitrogens with zero attached hydrogens (tertiary/aromatic N) is 2. The number of hydrogen-bond donors (Lipinski definition) is 1. The molecule has 0 saturated carbocycles. The van der Waals surface area contributed by atoms with Gasteiger partial charge in [0, 0.05) is 12.7 Å². The fraction of sp³-hybridized carbons (Fsp3) is 0.375. The van der Waals surface area contributed by atoms with Crippen LogP contribution in [0.5, 0.6) is 0 Å². The van der Waals surface area contributed by atoms with Crippen molar-refractivity contribution in [1.29, 1.82) is 0 Å². The van der Waals surface area contributed by atoms with E-state index in [-0.39, 0.29) is 16.4 Å². The zero-order valence-electron chi connectivity index (χ0n) is 13.7. The molecule has 2 rings (SSSR count). The summed E-state index contributed by atoms with van der Waals surface area (Å²) in [4.78, 5) is 12.5. The van der Waals surface area contributed by atoms with Crippen molar-refractivity contribution in [2.75, 3.05) is 0 Å². The van der Waals surface area contributed by atoms with Crippen molar-refractivity contribution in [3.63, 3.8) is 0 Å². The summed E-state index contributed by atoms with van der Waals surface area (Å²) in [6.07, 6.45) is 1.58. The normalized spacial score (nSPS) is 11.7. The maximum absolute atomic E-state index is 12.4. The summed E-state index contributed by atoms with van der Waals surface area (Å²) in [6, 6.07) is 6.42. The molecule has 0 aliphatic carbocycles. The Kier molecular flexibility index (Phi) is 4.89. The Hall–Kier alpha value is -2.15. The molecule has 6 nitrogen and oxygen atoms in total. The van der Waals surface area contributed by atoms with Crippen LogP contribution < -0.4 is 4.72 Å². The van der Waals surface area contributed by atoms with Crippen LogP contribution in [0.15, 0.2) is 35.4 Å². The van der Waals surface area contributed by atoms with Crippen molar-refractivity contribution < 1.29 is 13.2 Å². The first kappa shape index (κ1) is 17.2. The fourth-order valence-electron chi connectivity index (χ4n) is 2.22. The van der Waals surface area contributed by atoms with Gasteiger partial charge in [-0.2, -0.15) is 5.10 Å². The van der Waals surface area contributed by atoms with E-state index in [0.717, 1.165) is 5.56 Å². The number of sulfonamides is 1. The topological polar surface area (TPSA) is 81.1 Å². The highest BCUT2D eigenvalue weighted by atomic mass is 32.2. The minimum absolute atomic E-state index is 0.0187. The fourth-order valence-corrected chi connectivity index (χ4v) is 3.29. The van der Waals surface area contributed by atoms with E-state index in [9.17, 15) is 13.2 Å². The van der Waals surface area contributed by atoms with Crippen LogP contribution in [0.4, 0.5) is 0 Å². The molecule has 1 heterocycles. The molecule has 0 fully saturated rings. The average Bonchev–Trinajstić information content (AvgIpc) is 2.91. The third kappa shape index (κ3) is 3.79. The quantitative estimate of drug-likeness (QED) is 0.910. The van der Waals surface area contributed by atoms with Crippen molar-refractivity contribution in [1.82, 2.24) is 14.5 Å². The van der Waals surface area contributed by atoms with Crippen LogP contribution in [0.1, 0.15) is 48.3 Å². The minimum atomic E-state index is -3.91. The second-order valence-corrected chi connectivity index (χ2v) is 7.37. The van der Waals surface area contributed by atoms with Gasteiger partial charge in [-0.05, 0) is 37.5 Å². The highest BCUT2D eigenvalue weighted by Gasteiger charge is 2.24. The second kappa shape index (κ2) is 6.54. The average molecular weight is 335 g/mol. The second-order valence-electron chi connectivity index (χ2n) is 5.69. The Morgan fingerprint density at radius 3 is 2.61 bits per heavy atom. The molecule has 1 amide bonds. The SMILES string of the molecule is CCn1cc(C(=O)NS(=O)(=O)c2cccc(C)c2)c(C(C)C)n1. The predicted octanol–water partition coefficient (Wildman–Crippen LogP) is 2.45. The first-order valence-corrected chi connectivity index (χ1v) is 8.94. The molecule has 0 saturated heterocycles. The molecular formula is C16H21N3O3S. The number of hydrogen-bond acceptors (Lipinski definition) is 4. The van der Waals surface area contributed by atoms with E-state index in [1.165, 1.54) is 12.1 Å². The molecule has 0 spiro atoms. The van der Waals surface area contributed by atoms with Crippen molar-refractivity contribution >= 4 is 15.9 Å². The lowest BCUT2D eigenvalue weighted by molar-refractivity contribution is 0.0980. The number of amides is 1. The molecule has 1 aromatic carbocycles. The van der Waals surface area contributed by atoms with Gasteiger partial charge in [0.25, 0.3) is 15.9 Å². The van der Waals surface area contributed by atoms with Gasteiger partial charge in [0.05, 0.1) is 16.2 Å². The summed E-state index contributed by atoms with van der Waals surface area (Å²) in [7, 11) is -3.91. The smallest absolute Gasteiger partial charge is 0.268 e. The number of nitrogens with one attached hydrogen (secondary N) is 1. The van der Waals surface area contributed by atoms with Crippen molar-refractivity contribution in [2.24, 2.45) is 0 Å². The van der Waals surface area contributed by atoms with E-state index in [0.29, 0.717) is 12.2 Å². The van der Waals surface area contributed by atoms with Gasteiger partial charge in [-0.15, -0.1) is 0 Å². The molecule has 0 radical (unpaired) electrons. The zero-order chi connectivity index (χ0) is 17.2. The number of carbonyl (C=O) groups excluding carboxylic acids is 1. The van der Waals surface area contributed by atoms with E-state index in [4.69, 9.17) is 0 Å². The number of aromatic nitrogens is 2. The van der Waals surface area contributed by atoms with E-state index < -0.39 is 15.9 Å². The summed E-state index contributed by atoms with van der Waals surface area (Å²) in [5, 5.41) is 4.33.